The molecular formula is C14H20N4O. The highest BCUT2D eigenvalue weighted by molar-refractivity contribution is 5.81. The van der Waals surface area contributed by atoms with Gasteiger partial charge in [-0.15, -0.1) is 0 Å². The predicted octanol–water partition coefficient (Wildman–Crippen LogP) is 0.962. The Bertz CT molecular complexity index is 522. The van der Waals surface area contributed by atoms with Gasteiger partial charge in [0.1, 0.15) is 11.8 Å². The normalized spacial score (nSPS) is 15.9. The van der Waals surface area contributed by atoms with E-state index in [1.165, 1.54) is 0 Å². The maximum atomic E-state index is 11.8. The van der Waals surface area contributed by atoms with Crippen molar-refractivity contribution in [2.24, 2.45) is 7.05 Å². The van der Waals surface area contributed by atoms with Crippen LogP contribution < -0.4 is 10.6 Å². The Kier molecular flexibility index (Phi) is 3.91. The molecule has 0 radical (unpaired) electrons. The minimum atomic E-state index is -0.217. The zero-order valence-corrected chi connectivity index (χ0v) is 11.7. The molecule has 1 aromatic heterocycles. The van der Waals surface area contributed by atoms with E-state index in [0.717, 1.165) is 24.1 Å². The Morgan fingerprint density at radius 3 is 2.84 bits per heavy atom. The highest BCUT2D eigenvalue weighted by atomic mass is 16.2. The lowest BCUT2D eigenvalue weighted by Crippen LogP contribution is -2.42. The second-order valence-corrected chi connectivity index (χ2v) is 5.20. The summed E-state index contributed by atoms with van der Waals surface area (Å²) in [6.07, 6.45) is 2.20. The molecule has 1 aliphatic carbocycles. The van der Waals surface area contributed by atoms with Gasteiger partial charge in [0, 0.05) is 25.3 Å². The van der Waals surface area contributed by atoms with Crippen molar-refractivity contribution in [3.05, 3.63) is 23.0 Å². The molecule has 1 atom stereocenters. The molecule has 102 valence electrons. The molecule has 1 unspecified atom stereocenters. The second kappa shape index (κ2) is 5.45. The van der Waals surface area contributed by atoms with Crippen LogP contribution in [-0.4, -0.2) is 22.6 Å². The van der Waals surface area contributed by atoms with Crippen LogP contribution in [0.3, 0.4) is 0 Å². The summed E-state index contributed by atoms with van der Waals surface area (Å²) in [5.41, 5.74) is 2.76. The summed E-state index contributed by atoms with van der Waals surface area (Å²) in [5, 5.41) is 15.1. The van der Waals surface area contributed by atoms with Crippen LogP contribution in [0.1, 0.15) is 36.7 Å². The van der Waals surface area contributed by atoms with E-state index in [1.807, 2.05) is 31.5 Å². The van der Waals surface area contributed by atoms with Gasteiger partial charge in [-0.3, -0.25) is 4.79 Å². The predicted molar refractivity (Wildman–Crippen MR) is 72.3 cm³/mol. The van der Waals surface area contributed by atoms with Crippen LogP contribution in [0.25, 0.3) is 0 Å². The maximum absolute atomic E-state index is 11.8. The van der Waals surface area contributed by atoms with Crippen molar-refractivity contribution < 1.29 is 4.79 Å². The molecule has 0 spiro atoms. The fourth-order valence-electron chi connectivity index (χ4n) is 1.96. The van der Waals surface area contributed by atoms with Crippen LogP contribution in [0.5, 0.6) is 0 Å². The Balaban J connectivity index is 1.91. The van der Waals surface area contributed by atoms with Gasteiger partial charge in [0.05, 0.1) is 6.04 Å². The molecule has 1 heterocycles. The average Bonchev–Trinajstić information content (AvgIpc) is 3.16. The molecule has 19 heavy (non-hydrogen) atoms. The molecule has 5 nitrogen and oxygen atoms in total. The van der Waals surface area contributed by atoms with Crippen molar-refractivity contribution in [2.75, 3.05) is 0 Å². The first-order valence-electron chi connectivity index (χ1n) is 6.62. The molecule has 0 saturated heterocycles. The lowest BCUT2D eigenvalue weighted by Gasteiger charge is -2.13. The van der Waals surface area contributed by atoms with Gasteiger partial charge in [-0.25, -0.2) is 0 Å². The Hall–Kier alpha value is -1.80. The van der Waals surface area contributed by atoms with Crippen LogP contribution >= 0.6 is 0 Å². The van der Waals surface area contributed by atoms with Crippen molar-refractivity contribution >= 4 is 5.91 Å². The van der Waals surface area contributed by atoms with E-state index < -0.39 is 0 Å². The van der Waals surface area contributed by atoms with E-state index in [9.17, 15) is 4.79 Å². The summed E-state index contributed by atoms with van der Waals surface area (Å²) in [5.74, 6) is 0.0524. The van der Waals surface area contributed by atoms with Crippen molar-refractivity contribution in [1.82, 2.24) is 15.2 Å². The second-order valence-electron chi connectivity index (χ2n) is 5.20. The van der Waals surface area contributed by atoms with E-state index in [-0.39, 0.29) is 11.9 Å². The first kappa shape index (κ1) is 13.6. The largest absolute Gasteiger partial charge is 0.352 e. The summed E-state index contributed by atoms with van der Waals surface area (Å²) in [6.45, 7) is 4.44. The first-order chi connectivity index (χ1) is 9.02. The number of nitrogens with zero attached hydrogens (tertiary/aromatic N) is 2. The van der Waals surface area contributed by atoms with E-state index >= 15 is 0 Å². The molecule has 0 bridgehead atoms. The van der Waals surface area contributed by atoms with Gasteiger partial charge in [0.25, 0.3) is 0 Å². The van der Waals surface area contributed by atoms with E-state index in [2.05, 4.69) is 16.7 Å². The van der Waals surface area contributed by atoms with Crippen molar-refractivity contribution in [1.29, 1.82) is 5.26 Å². The highest BCUT2D eigenvalue weighted by Crippen LogP contribution is 2.18. The summed E-state index contributed by atoms with van der Waals surface area (Å²) >= 11 is 0. The van der Waals surface area contributed by atoms with Crippen LogP contribution in [0.15, 0.2) is 6.07 Å². The Labute approximate surface area is 113 Å². The molecule has 5 heteroatoms. The van der Waals surface area contributed by atoms with Gasteiger partial charge >= 0.3 is 0 Å². The lowest BCUT2D eigenvalue weighted by molar-refractivity contribution is -0.122. The third-order valence-electron chi connectivity index (χ3n) is 3.67. The van der Waals surface area contributed by atoms with E-state index in [1.54, 1.807) is 0 Å². The minimum Gasteiger partial charge on any atom is -0.352 e. The van der Waals surface area contributed by atoms with Crippen LogP contribution in [0, 0.1) is 18.3 Å². The monoisotopic (exact) mass is 260 g/mol. The third kappa shape index (κ3) is 3.15. The number of nitriles is 1. The minimum absolute atomic E-state index is 0.0524. The van der Waals surface area contributed by atoms with Gasteiger partial charge in [-0.05, 0) is 38.3 Å². The number of carbonyl (C=O) groups is 1. The van der Waals surface area contributed by atoms with Crippen LogP contribution in [0.2, 0.25) is 0 Å². The summed E-state index contributed by atoms with van der Waals surface area (Å²) in [7, 11) is 1.88. The molecule has 1 aliphatic rings. The fraction of sp³-hybridized carbons (Fsp3) is 0.571. The Morgan fingerprint density at radius 1 is 1.63 bits per heavy atom. The van der Waals surface area contributed by atoms with Gasteiger partial charge in [0.2, 0.25) is 5.91 Å². The molecule has 1 aromatic rings. The summed E-state index contributed by atoms with van der Waals surface area (Å²) in [6, 6.07) is 4.20. The molecule has 1 fully saturated rings. The quantitative estimate of drug-likeness (QED) is 0.828. The van der Waals surface area contributed by atoms with Crippen LogP contribution in [-0.2, 0) is 18.4 Å². The van der Waals surface area contributed by atoms with Gasteiger partial charge in [0.15, 0.2) is 0 Å². The number of nitrogens with one attached hydrogen (secondary N) is 2. The van der Waals surface area contributed by atoms with Gasteiger partial charge in [-0.2, -0.15) is 5.26 Å². The first-order valence-corrected chi connectivity index (χ1v) is 6.62. The fourth-order valence-corrected chi connectivity index (χ4v) is 1.96. The maximum Gasteiger partial charge on any atom is 0.237 e. The molecule has 1 saturated carbocycles. The molecule has 2 N–H and O–H groups in total. The topological polar surface area (TPSA) is 69.8 Å². The summed E-state index contributed by atoms with van der Waals surface area (Å²) < 4.78 is 1.87. The van der Waals surface area contributed by atoms with Crippen molar-refractivity contribution in [3.63, 3.8) is 0 Å². The molecule has 1 amide bonds. The van der Waals surface area contributed by atoms with Gasteiger partial charge < -0.3 is 15.2 Å². The van der Waals surface area contributed by atoms with Gasteiger partial charge in [-0.1, -0.05) is 0 Å². The van der Waals surface area contributed by atoms with Crippen molar-refractivity contribution in [3.8, 4) is 6.07 Å². The SMILES string of the molecule is Cc1c(CNC(C)C(=O)NC2CC2)cc(C#N)n1C. The molecule has 0 aliphatic heterocycles. The van der Waals surface area contributed by atoms with Crippen LogP contribution in [0.4, 0.5) is 0 Å². The smallest absolute Gasteiger partial charge is 0.237 e. The molecular weight excluding hydrogens is 240 g/mol. The highest BCUT2D eigenvalue weighted by Gasteiger charge is 2.25. The summed E-state index contributed by atoms with van der Waals surface area (Å²) in [4.78, 5) is 11.8. The molecule has 2 rings (SSSR count). The Morgan fingerprint density at radius 2 is 2.32 bits per heavy atom. The lowest BCUT2D eigenvalue weighted by atomic mass is 10.2. The molecule has 0 aromatic carbocycles. The average molecular weight is 260 g/mol. The zero-order valence-electron chi connectivity index (χ0n) is 11.7. The number of amides is 1. The third-order valence-corrected chi connectivity index (χ3v) is 3.67. The zero-order chi connectivity index (χ0) is 14.0. The standard InChI is InChI=1S/C14H20N4O/c1-9(14(19)17-12-4-5-12)16-8-11-6-13(7-15)18(3)10(11)2/h6,9,12,16H,4-5,8H2,1-3H3,(H,17,19). The number of aromatic nitrogens is 1. The number of carbonyl (C=O) groups excluding carboxylic acids is 1. The number of rotatable bonds is 5. The van der Waals surface area contributed by atoms with Crippen molar-refractivity contribution in [2.45, 2.75) is 45.3 Å². The van der Waals surface area contributed by atoms with E-state index in [0.29, 0.717) is 18.3 Å². The number of hydrogen-bond acceptors (Lipinski definition) is 3. The number of hydrogen-bond donors (Lipinski definition) is 2. The van der Waals surface area contributed by atoms with E-state index in [4.69, 9.17) is 5.26 Å².